The molecule has 2 fully saturated rings. The Bertz CT molecular complexity index is 151. The highest BCUT2D eigenvalue weighted by atomic mass is 16.6. The van der Waals surface area contributed by atoms with Crippen LogP contribution in [0.5, 0.6) is 0 Å². The standard InChI is InChI=1S/C9H16O/c1-3-9-7-5-4-6-8(9,2)10-9/h3-7H2,1-2H3. The maximum atomic E-state index is 5.80. The maximum absolute atomic E-state index is 5.80. The van der Waals surface area contributed by atoms with Crippen LogP contribution in [0.3, 0.4) is 0 Å². The quantitative estimate of drug-likeness (QED) is 0.510. The summed E-state index contributed by atoms with van der Waals surface area (Å²) < 4.78 is 5.80. The third-order valence-electron chi connectivity index (χ3n) is 3.40. The van der Waals surface area contributed by atoms with E-state index in [1.165, 1.54) is 32.1 Å². The van der Waals surface area contributed by atoms with Crippen LogP contribution in [0.25, 0.3) is 0 Å². The van der Waals surface area contributed by atoms with Crippen molar-refractivity contribution in [3.05, 3.63) is 0 Å². The van der Waals surface area contributed by atoms with Gasteiger partial charge in [0, 0.05) is 0 Å². The first-order chi connectivity index (χ1) is 4.72. The zero-order valence-electron chi connectivity index (χ0n) is 6.94. The highest BCUT2D eigenvalue weighted by Crippen LogP contribution is 2.58. The van der Waals surface area contributed by atoms with E-state index in [-0.39, 0.29) is 0 Å². The molecule has 2 aliphatic rings. The van der Waals surface area contributed by atoms with Crippen molar-refractivity contribution in [1.82, 2.24) is 0 Å². The molecule has 0 N–H and O–H groups in total. The third-order valence-corrected chi connectivity index (χ3v) is 3.40. The summed E-state index contributed by atoms with van der Waals surface area (Å²) in [7, 11) is 0. The third kappa shape index (κ3) is 0.619. The summed E-state index contributed by atoms with van der Waals surface area (Å²) in [6.45, 7) is 4.52. The Morgan fingerprint density at radius 2 is 2.00 bits per heavy atom. The van der Waals surface area contributed by atoms with E-state index in [1.54, 1.807) is 0 Å². The van der Waals surface area contributed by atoms with Crippen LogP contribution < -0.4 is 0 Å². The van der Waals surface area contributed by atoms with Crippen LogP contribution in [0.2, 0.25) is 0 Å². The Morgan fingerprint density at radius 1 is 1.30 bits per heavy atom. The first kappa shape index (κ1) is 6.66. The van der Waals surface area contributed by atoms with Gasteiger partial charge in [0.15, 0.2) is 0 Å². The van der Waals surface area contributed by atoms with Crippen LogP contribution in [0, 0.1) is 0 Å². The molecule has 0 radical (unpaired) electrons. The van der Waals surface area contributed by atoms with Gasteiger partial charge in [-0.25, -0.2) is 0 Å². The molecule has 10 heavy (non-hydrogen) atoms. The van der Waals surface area contributed by atoms with E-state index < -0.39 is 0 Å². The molecule has 58 valence electrons. The molecule has 0 aromatic carbocycles. The average molecular weight is 140 g/mol. The molecule has 2 atom stereocenters. The lowest BCUT2D eigenvalue weighted by atomic mass is 9.79. The minimum absolute atomic E-state index is 0.292. The predicted molar refractivity (Wildman–Crippen MR) is 41.0 cm³/mol. The molecule has 0 aromatic rings. The second kappa shape index (κ2) is 1.76. The lowest BCUT2D eigenvalue weighted by Gasteiger charge is -2.20. The molecule has 1 heteroatoms. The molecule has 1 saturated heterocycles. The van der Waals surface area contributed by atoms with Gasteiger partial charge in [-0.15, -0.1) is 0 Å². The van der Waals surface area contributed by atoms with Gasteiger partial charge in [0.1, 0.15) is 0 Å². The van der Waals surface area contributed by atoms with Crippen molar-refractivity contribution >= 4 is 0 Å². The van der Waals surface area contributed by atoms with Crippen LogP contribution >= 0.6 is 0 Å². The summed E-state index contributed by atoms with van der Waals surface area (Å²) in [6, 6.07) is 0. The van der Waals surface area contributed by atoms with Crippen molar-refractivity contribution in [1.29, 1.82) is 0 Å². The van der Waals surface area contributed by atoms with E-state index in [2.05, 4.69) is 13.8 Å². The number of epoxide rings is 1. The van der Waals surface area contributed by atoms with Crippen LogP contribution in [-0.2, 0) is 4.74 Å². The number of hydrogen-bond donors (Lipinski definition) is 0. The zero-order valence-corrected chi connectivity index (χ0v) is 6.94. The van der Waals surface area contributed by atoms with Crippen LogP contribution in [-0.4, -0.2) is 11.2 Å². The number of rotatable bonds is 1. The summed E-state index contributed by atoms with van der Waals surface area (Å²) in [5, 5.41) is 0. The minimum atomic E-state index is 0.292. The summed E-state index contributed by atoms with van der Waals surface area (Å²) in [6.07, 6.45) is 6.56. The molecule has 0 aromatic heterocycles. The van der Waals surface area contributed by atoms with E-state index in [1.807, 2.05) is 0 Å². The smallest absolute Gasteiger partial charge is 0.0974 e. The van der Waals surface area contributed by atoms with Gasteiger partial charge in [-0.3, -0.25) is 0 Å². The van der Waals surface area contributed by atoms with Crippen molar-refractivity contribution in [3.8, 4) is 0 Å². The fourth-order valence-corrected chi connectivity index (χ4v) is 2.50. The molecular formula is C9H16O. The van der Waals surface area contributed by atoms with E-state index >= 15 is 0 Å². The molecule has 2 unspecified atom stereocenters. The fraction of sp³-hybridized carbons (Fsp3) is 1.00. The lowest BCUT2D eigenvalue weighted by molar-refractivity contribution is 0.265. The van der Waals surface area contributed by atoms with Gasteiger partial charge < -0.3 is 4.74 Å². The highest BCUT2D eigenvalue weighted by Gasteiger charge is 2.65. The molecule has 1 aliphatic carbocycles. The molecule has 0 amide bonds. The zero-order chi connectivity index (χ0) is 7.24. The van der Waals surface area contributed by atoms with Crippen LogP contribution in [0.15, 0.2) is 0 Å². The SMILES string of the molecule is CCC12CCCCC1(C)O2. The van der Waals surface area contributed by atoms with Crippen LogP contribution in [0.4, 0.5) is 0 Å². The summed E-state index contributed by atoms with van der Waals surface area (Å²) >= 11 is 0. The Morgan fingerprint density at radius 3 is 2.50 bits per heavy atom. The Labute approximate surface area is 62.8 Å². The van der Waals surface area contributed by atoms with Gasteiger partial charge in [-0.1, -0.05) is 19.8 Å². The molecule has 0 bridgehead atoms. The monoisotopic (exact) mass is 140 g/mol. The molecule has 1 saturated carbocycles. The Balaban J connectivity index is 2.13. The summed E-state index contributed by atoms with van der Waals surface area (Å²) in [4.78, 5) is 0. The number of hydrogen-bond acceptors (Lipinski definition) is 1. The lowest BCUT2D eigenvalue weighted by Crippen LogP contribution is -2.26. The first-order valence-corrected chi connectivity index (χ1v) is 4.43. The predicted octanol–water partition coefficient (Wildman–Crippen LogP) is 2.50. The number of ether oxygens (including phenoxy) is 1. The van der Waals surface area contributed by atoms with Crippen LogP contribution in [0.1, 0.15) is 46.0 Å². The second-order valence-corrected chi connectivity index (χ2v) is 3.89. The van der Waals surface area contributed by atoms with Crippen molar-refractivity contribution in [2.24, 2.45) is 0 Å². The Kier molecular flexibility index (Phi) is 1.17. The van der Waals surface area contributed by atoms with Crippen molar-refractivity contribution in [3.63, 3.8) is 0 Å². The molecule has 1 heterocycles. The van der Waals surface area contributed by atoms with E-state index in [9.17, 15) is 0 Å². The summed E-state index contributed by atoms with van der Waals surface area (Å²) in [5.41, 5.74) is 0.616. The topological polar surface area (TPSA) is 12.5 Å². The molecular weight excluding hydrogens is 124 g/mol. The van der Waals surface area contributed by atoms with Crippen molar-refractivity contribution in [2.45, 2.75) is 57.2 Å². The van der Waals surface area contributed by atoms with E-state index in [0.29, 0.717) is 11.2 Å². The van der Waals surface area contributed by atoms with Gasteiger partial charge in [0.2, 0.25) is 0 Å². The van der Waals surface area contributed by atoms with E-state index in [0.717, 1.165) is 0 Å². The van der Waals surface area contributed by atoms with E-state index in [4.69, 9.17) is 4.74 Å². The first-order valence-electron chi connectivity index (χ1n) is 4.43. The maximum Gasteiger partial charge on any atom is 0.0974 e. The normalized spacial score (nSPS) is 52.2. The number of fused-ring (bicyclic) bond motifs is 1. The van der Waals surface area contributed by atoms with Gasteiger partial charge in [-0.05, 0) is 26.2 Å². The molecule has 1 aliphatic heterocycles. The van der Waals surface area contributed by atoms with Crippen molar-refractivity contribution in [2.75, 3.05) is 0 Å². The second-order valence-electron chi connectivity index (χ2n) is 3.89. The molecule has 0 spiro atoms. The average Bonchev–Trinajstić information content (AvgIpc) is 2.56. The summed E-state index contributed by atoms with van der Waals surface area (Å²) in [5.74, 6) is 0. The largest absolute Gasteiger partial charge is 0.363 e. The van der Waals surface area contributed by atoms with Gasteiger partial charge in [0.05, 0.1) is 11.2 Å². The fourth-order valence-electron chi connectivity index (χ4n) is 2.50. The Hall–Kier alpha value is -0.0400. The van der Waals surface area contributed by atoms with Crippen molar-refractivity contribution < 1.29 is 4.74 Å². The molecule has 1 nitrogen and oxygen atoms in total. The van der Waals surface area contributed by atoms with Gasteiger partial charge in [-0.2, -0.15) is 0 Å². The highest BCUT2D eigenvalue weighted by molar-refractivity contribution is 5.14. The van der Waals surface area contributed by atoms with Gasteiger partial charge in [0.25, 0.3) is 0 Å². The molecule has 2 rings (SSSR count). The minimum Gasteiger partial charge on any atom is -0.363 e. The van der Waals surface area contributed by atoms with Gasteiger partial charge >= 0.3 is 0 Å².